The molecule has 2 saturated carbocycles. The van der Waals surface area contributed by atoms with Crippen LogP contribution in [-0.2, 0) is 0 Å². The summed E-state index contributed by atoms with van der Waals surface area (Å²) in [5.41, 5.74) is 4.61. The van der Waals surface area contributed by atoms with Gasteiger partial charge in [0.15, 0.2) is 0 Å². The van der Waals surface area contributed by atoms with Crippen molar-refractivity contribution in [3.8, 4) is 0 Å². The van der Waals surface area contributed by atoms with Gasteiger partial charge in [0.2, 0.25) is 0 Å². The molecule has 2 fully saturated rings. The molecule has 0 N–H and O–H groups in total. The van der Waals surface area contributed by atoms with E-state index in [2.05, 4.69) is 60.6 Å². The Morgan fingerprint density at radius 1 is 0.759 bits per heavy atom. The number of rotatable bonds is 5. The maximum absolute atomic E-state index is 2.60. The van der Waals surface area contributed by atoms with Crippen molar-refractivity contribution in [3.05, 3.63) is 23.0 Å². The van der Waals surface area contributed by atoms with Crippen LogP contribution in [0.1, 0.15) is 119 Å². The standard InChI is InChI=1S/C27H48P2/c1-21(29(26(2,3)4)27(5,6)7)24-19-14-20-25(24)28(22-15-10-8-11-16-22)23-17-12-9-13-18-23/h14,19,21-23H,8-13,15-18,20H2,1-7H3. The number of hydrogen-bond acceptors (Lipinski definition) is 0. The Morgan fingerprint density at radius 2 is 1.21 bits per heavy atom. The van der Waals surface area contributed by atoms with Crippen molar-refractivity contribution >= 4 is 15.8 Å². The molecule has 0 spiro atoms. The molecule has 0 heterocycles. The lowest BCUT2D eigenvalue weighted by Crippen LogP contribution is -2.31. The van der Waals surface area contributed by atoms with Crippen molar-refractivity contribution in [2.45, 2.75) is 146 Å². The molecule has 1 unspecified atom stereocenters. The van der Waals surface area contributed by atoms with Crippen molar-refractivity contribution in [2.24, 2.45) is 0 Å². The van der Waals surface area contributed by atoms with E-state index >= 15 is 0 Å². The molecule has 2 heteroatoms. The molecule has 0 aliphatic heterocycles. The molecule has 0 aromatic carbocycles. The summed E-state index contributed by atoms with van der Waals surface area (Å²) >= 11 is 0. The minimum atomic E-state index is -0.100. The quantitative estimate of drug-likeness (QED) is 0.378. The van der Waals surface area contributed by atoms with Crippen molar-refractivity contribution in [1.29, 1.82) is 0 Å². The molecule has 166 valence electrons. The van der Waals surface area contributed by atoms with E-state index in [-0.39, 0.29) is 15.8 Å². The van der Waals surface area contributed by atoms with E-state index in [0.29, 0.717) is 10.3 Å². The predicted octanol–water partition coefficient (Wildman–Crippen LogP) is 9.82. The molecule has 3 aliphatic rings. The van der Waals surface area contributed by atoms with E-state index in [0.717, 1.165) is 17.0 Å². The fourth-order valence-corrected chi connectivity index (χ4v) is 16.1. The monoisotopic (exact) mass is 434 g/mol. The van der Waals surface area contributed by atoms with E-state index in [1.54, 1.807) is 0 Å². The average molecular weight is 435 g/mol. The highest BCUT2D eigenvalue weighted by atomic mass is 31.1. The Kier molecular flexibility index (Phi) is 8.16. The Bertz CT molecular complexity index is 557. The lowest BCUT2D eigenvalue weighted by atomic mass is 9.99. The molecule has 3 rings (SSSR count). The molecule has 1 atom stereocenters. The smallest absolute Gasteiger partial charge is 0.00260 e. The molecule has 0 nitrogen and oxygen atoms in total. The topological polar surface area (TPSA) is 0 Å². The lowest BCUT2D eigenvalue weighted by molar-refractivity contribution is 0.485. The molecule has 0 aromatic rings. The summed E-state index contributed by atoms with van der Waals surface area (Å²) in [5.74, 6) is 0. The van der Waals surface area contributed by atoms with Gasteiger partial charge in [-0.05, 0) is 64.6 Å². The summed E-state index contributed by atoms with van der Waals surface area (Å²) in [5, 5.41) is 2.77. The van der Waals surface area contributed by atoms with Gasteiger partial charge in [-0.3, -0.25) is 0 Å². The van der Waals surface area contributed by atoms with E-state index in [1.165, 1.54) is 70.6 Å². The van der Waals surface area contributed by atoms with Gasteiger partial charge in [-0.2, -0.15) is 0 Å². The van der Waals surface area contributed by atoms with Gasteiger partial charge in [-0.15, -0.1) is 0 Å². The number of allylic oxidation sites excluding steroid dienone is 4. The first kappa shape index (κ1) is 24.0. The summed E-state index contributed by atoms with van der Waals surface area (Å²) in [6, 6.07) is 0. The normalized spacial score (nSPS) is 24.2. The zero-order valence-electron chi connectivity index (χ0n) is 20.6. The van der Waals surface area contributed by atoms with Crippen LogP contribution in [0.25, 0.3) is 0 Å². The van der Waals surface area contributed by atoms with Gasteiger partial charge in [0.1, 0.15) is 0 Å². The largest absolute Gasteiger partial charge is 0.0882 e. The number of hydrogen-bond donors (Lipinski definition) is 0. The van der Waals surface area contributed by atoms with Crippen molar-refractivity contribution in [2.75, 3.05) is 0 Å². The Labute approximate surface area is 185 Å². The maximum Gasteiger partial charge on any atom is 0.00260 e. The third-order valence-electron chi connectivity index (χ3n) is 7.47. The second-order valence-corrected chi connectivity index (χ2v) is 18.9. The van der Waals surface area contributed by atoms with Gasteiger partial charge >= 0.3 is 0 Å². The van der Waals surface area contributed by atoms with E-state index in [1.807, 2.05) is 10.9 Å². The Balaban J connectivity index is 1.97. The first-order valence-corrected chi connectivity index (χ1v) is 15.5. The van der Waals surface area contributed by atoms with Crippen LogP contribution in [-0.4, -0.2) is 27.3 Å². The first-order chi connectivity index (χ1) is 13.6. The fraction of sp³-hybridized carbons (Fsp3) is 0.852. The molecule has 29 heavy (non-hydrogen) atoms. The van der Waals surface area contributed by atoms with Gasteiger partial charge in [0.25, 0.3) is 0 Å². The maximum atomic E-state index is 2.60. The van der Waals surface area contributed by atoms with Crippen LogP contribution in [0, 0.1) is 0 Å². The molecule has 0 bridgehead atoms. The van der Waals surface area contributed by atoms with Gasteiger partial charge in [0, 0.05) is 5.66 Å². The molecule has 0 aromatic heterocycles. The third kappa shape index (κ3) is 5.78. The van der Waals surface area contributed by atoms with Crippen molar-refractivity contribution in [1.82, 2.24) is 0 Å². The highest BCUT2D eigenvalue weighted by Gasteiger charge is 2.42. The molecular weight excluding hydrogens is 386 g/mol. The summed E-state index contributed by atoms with van der Waals surface area (Å²) in [4.78, 5) is 0. The highest BCUT2D eigenvalue weighted by Crippen LogP contribution is 2.68. The second kappa shape index (κ2) is 9.86. The highest BCUT2D eigenvalue weighted by molar-refractivity contribution is 7.64. The van der Waals surface area contributed by atoms with E-state index < -0.39 is 0 Å². The molecule has 0 amide bonds. The van der Waals surface area contributed by atoms with Gasteiger partial charge in [-0.25, -0.2) is 0 Å². The fourth-order valence-electron chi connectivity index (χ4n) is 6.91. The minimum absolute atomic E-state index is 0.0611. The summed E-state index contributed by atoms with van der Waals surface area (Å²) in [6.45, 7) is 17.6. The van der Waals surface area contributed by atoms with Gasteiger partial charge in [-0.1, -0.05) is 115 Å². The molecule has 0 radical (unpaired) electrons. The lowest BCUT2D eigenvalue weighted by Gasteiger charge is -2.47. The SMILES string of the molecule is CC(C1=C(P(C2CCCCC2)C2CCCCC2)CC=C1)P(C(C)(C)C)C(C)(C)C. The van der Waals surface area contributed by atoms with Crippen molar-refractivity contribution < 1.29 is 0 Å². The van der Waals surface area contributed by atoms with Gasteiger partial charge < -0.3 is 0 Å². The van der Waals surface area contributed by atoms with Crippen LogP contribution in [0.3, 0.4) is 0 Å². The van der Waals surface area contributed by atoms with E-state index in [4.69, 9.17) is 0 Å². The zero-order chi connectivity index (χ0) is 21.2. The Hall–Kier alpha value is 0.340. The second-order valence-electron chi connectivity index (χ2n) is 11.9. The zero-order valence-corrected chi connectivity index (χ0v) is 22.3. The Morgan fingerprint density at radius 3 is 1.62 bits per heavy atom. The first-order valence-electron chi connectivity index (χ1n) is 12.6. The van der Waals surface area contributed by atoms with Crippen molar-refractivity contribution in [3.63, 3.8) is 0 Å². The van der Waals surface area contributed by atoms with Crippen LogP contribution in [0.15, 0.2) is 23.0 Å². The molecule has 3 aliphatic carbocycles. The molecule has 0 saturated heterocycles. The summed E-state index contributed by atoms with van der Waals surface area (Å²) in [6.07, 6.45) is 21.5. The third-order valence-corrected chi connectivity index (χ3v) is 15.1. The van der Waals surface area contributed by atoms with Crippen LogP contribution in [0.4, 0.5) is 0 Å². The van der Waals surface area contributed by atoms with Crippen LogP contribution < -0.4 is 0 Å². The van der Waals surface area contributed by atoms with Crippen LogP contribution >= 0.6 is 15.8 Å². The van der Waals surface area contributed by atoms with Crippen LogP contribution in [0.5, 0.6) is 0 Å². The van der Waals surface area contributed by atoms with Crippen LogP contribution in [0.2, 0.25) is 0 Å². The minimum Gasteiger partial charge on any atom is -0.0882 e. The predicted molar refractivity (Wildman–Crippen MR) is 137 cm³/mol. The average Bonchev–Trinajstić information content (AvgIpc) is 3.11. The molecular formula is C27H48P2. The summed E-state index contributed by atoms with van der Waals surface area (Å²) in [7, 11) is -0.0389. The van der Waals surface area contributed by atoms with Gasteiger partial charge in [0.05, 0.1) is 0 Å². The van der Waals surface area contributed by atoms with E-state index in [9.17, 15) is 0 Å². The summed E-state index contributed by atoms with van der Waals surface area (Å²) < 4.78 is 0.